The summed E-state index contributed by atoms with van der Waals surface area (Å²) < 4.78 is 4.14. The number of aliphatic imine (C=N–C) groups is 1. The van der Waals surface area contributed by atoms with E-state index in [-0.39, 0.29) is 5.41 Å². The molecule has 0 aliphatic rings. The van der Waals surface area contributed by atoms with Gasteiger partial charge in [-0.05, 0) is 11.5 Å². The van der Waals surface area contributed by atoms with Crippen LogP contribution in [-0.4, -0.2) is 17.1 Å². The lowest BCUT2D eigenvalue weighted by atomic mass is 9.88. The summed E-state index contributed by atoms with van der Waals surface area (Å²) in [5.41, 5.74) is 7.67. The topological polar surface area (TPSA) is 51.3 Å². The average molecular weight is 223 g/mol. The zero-order chi connectivity index (χ0) is 11.6. The van der Waals surface area contributed by atoms with E-state index in [0.29, 0.717) is 5.82 Å². The van der Waals surface area contributed by atoms with Gasteiger partial charge >= 0.3 is 0 Å². The Bertz CT molecular complexity index is 396. The van der Waals surface area contributed by atoms with Crippen molar-refractivity contribution in [2.24, 2.45) is 10.4 Å². The molecule has 82 valence electrons. The Labute approximate surface area is 94.9 Å². The molecule has 1 heterocycles. The van der Waals surface area contributed by atoms with Gasteiger partial charge in [0.05, 0.1) is 10.6 Å². The highest BCUT2D eigenvalue weighted by Gasteiger charge is 2.24. The quantitative estimate of drug-likeness (QED) is 0.784. The van der Waals surface area contributed by atoms with Gasteiger partial charge in [-0.2, -0.15) is 4.37 Å². The third-order valence-electron chi connectivity index (χ3n) is 2.11. The molecule has 0 unspecified atom stereocenters. The second-order valence-corrected chi connectivity index (χ2v) is 5.11. The zero-order valence-corrected chi connectivity index (χ0v) is 10.5. The van der Waals surface area contributed by atoms with Gasteiger partial charge in [0, 0.05) is 18.0 Å². The molecular formula is C11H17N3S. The van der Waals surface area contributed by atoms with Crippen LogP contribution in [0.1, 0.15) is 31.2 Å². The van der Waals surface area contributed by atoms with Crippen molar-refractivity contribution in [1.82, 2.24) is 4.37 Å². The van der Waals surface area contributed by atoms with Crippen LogP contribution in [0, 0.1) is 5.41 Å². The molecule has 4 heteroatoms. The number of nitrogens with two attached hydrogens (primary N) is 1. The van der Waals surface area contributed by atoms with Crippen molar-refractivity contribution in [2.45, 2.75) is 20.8 Å². The number of aromatic nitrogens is 1. The first-order valence-electron chi connectivity index (χ1n) is 4.77. The maximum absolute atomic E-state index is 5.76. The van der Waals surface area contributed by atoms with E-state index in [1.807, 2.05) is 0 Å². The molecule has 0 aliphatic carbocycles. The maximum Gasteiger partial charge on any atom is 0.145 e. The summed E-state index contributed by atoms with van der Waals surface area (Å²) in [6.07, 6.45) is 1.74. The Morgan fingerprint density at radius 2 is 2.13 bits per heavy atom. The third-order valence-corrected chi connectivity index (χ3v) is 2.99. The van der Waals surface area contributed by atoms with Crippen LogP contribution in [-0.2, 0) is 0 Å². The number of rotatable bonds is 2. The molecule has 1 aromatic rings. The minimum atomic E-state index is -0.00845. The van der Waals surface area contributed by atoms with E-state index in [1.54, 1.807) is 13.1 Å². The van der Waals surface area contributed by atoms with Crippen molar-refractivity contribution in [1.29, 1.82) is 0 Å². The predicted molar refractivity (Wildman–Crippen MR) is 68.5 cm³/mol. The van der Waals surface area contributed by atoms with Crippen molar-refractivity contribution in [3.8, 4) is 0 Å². The van der Waals surface area contributed by atoms with E-state index in [1.165, 1.54) is 11.5 Å². The lowest BCUT2D eigenvalue weighted by Crippen LogP contribution is -2.21. The second-order valence-electron chi connectivity index (χ2n) is 4.34. The summed E-state index contributed by atoms with van der Waals surface area (Å²) in [4.78, 5) is 5.36. The van der Waals surface area contributed by atoms with Gasteiger partial charge in [0.1, 0.15) is 5.82 Å². The summed E-state index contributed by atoms with van der Waals surface area (Å²) in [5, 5.41) is 0. The molecule has 3 nitrogen and oxygen atoms in total. The van der Waals surface area contributed by atoms with Gasteiger partial charge in [-0.1, -0.05) is 33.4 Å². The molecule has 1 rings (SSSR count). The van der Waals surface area contributed by atoms with E-state index in [9.17, 15) is 0 Å². The summed E-state index contributed by atoms with van der Waals surface area (Å²) in [6, 6.07) is 0. The molecule has 0 atom stereocenters. The molecule has 2 N–H and O–H groups in total. The van der Waals surface area contributed by atoms with Crippen LogP contribution in [0.15, 0.2) is 11.6 Å². The summed E-state index contributed by atoms with van der Waals surface area (Å²) in [5.74, 6) is 0.537. The normalized spacial score (nSPS) is 12.9. The first kappa shape index (κ1) is 11.9. The van der Waals surface area contributed by atoms with Crippen molar-refractivity contribution in [3.63, 3.8) is 0 Å². The molecule has 0 amide bonds. The minimum absolute atomic E-state index is 0.00845. The molecule has 0 bridgehead atoms. The van der Waals surface area contributed by atoms with Gasteiger partial charge in [-0.3, -0.25) is 4.99 Å². The lowest BCUT2D eigenvalue weighted by molar-refractivity contribution is 0.592. The number of anilines is 1. The predicted octanol–water partition coefficient (Wildman–Crippen LogP) is 2.83. The van der Waals surface area contributed by atoms with Gasteiger partial charge in [0.15, 0.2) is 0 Å². The lowest BCUT2D eigenvalue weighted by Gasteiger charge is -2.20. The fraction of sp³-hybridized carbons (Fsp3) is 0.455. The molecule has 15 heavy (non-hydrogen) atoms. The number of hydrogen-bond acceptors (Lipinski definition) is 4. The number of nitrogens with zero attached hydrogens (tertiary/aromatic N) is 2. The Hall–Kier alpha value is -1.16. The molecule has 0 spiro atoms. The van der Waals surface area contributed by atoms with Crippen LogP contribution in [0.3, 0.4) is 0 Å². The number of nitrogen functional groups attached to an aromatic ring is 1. The van der Waals surface area contributed by atoms with Gasteiger partial charge in [-0.15, -0.1) is 0 Å². The first-order valence-corrected chi connectivity index (χ1v) is 5.54. The molecular weight excluding hydrogens is 206 g/mol. The maximum atomic E-state index is 5.76. The molecule has 0 saturated carbocycles. The molecule has 0 saturated heterocycles. The summed E-state index contributed by atoms with van der Waals surface area (Å²) in [6.45, 7) is 10.1. The van der Waals surface area contributed by atoms with Crippen LogP contribution in [0.25, 0.3) is 6.08 Å². The second kappa shape index (κ2) is 4.14. The van der Waals surface area contributed by atoms with Crippen molar-refractivity contribution in [3.05, 3.63) is 17.0 Å². The number of hydrogen-bond donors (Lipinski definition) is 1. The largest absolute Gasteiger partial charge is 0.382 e. The van der Waals surface area contributed by atoms with Crippen LogP contribution < -0.4 is 5.73 Å². The Morgan fingerprint density at radius 1 is 1.53 bits per heavy atom. The standard InChI is InChI=1S/C11H17N3S/c1-6-7-8(15-14-10(7)12)9(13-5)11(2,3)4/h6H,1H2,2-5H3,(H2,12,14). The SMILES string of the molecule is C=Cc1c(N)nsc1C(=NC)C(C)(C)C. The van der Waals surface area contributed by atoms with E-state index >= 15 is 0 Å². The Balaban J connectivity index is 3.32. The molecule has 1 aromatic heterocycles. The summed E-state index contributed by atoms with van der Waals surface area (Å²) in [7, 11) is 1.80. The summed E-state index contributed by atoms with van der Waals surface area (Å²) >= 11 is 1.38. The van der Waals surface area contributed by atoms with Gasteiger partial charge < -0.3 is 5.73 Å². The fourth-order valence-corrected chi connectivity index (χ4v) is 2.51. The highest BCUT2D eigenvalue weighted by atomic mass is 32.1. The van der Waals surface area contributed by atoms with Gasteiger partial charge in [0.2, 0.25) is 0 Å². The van der Waals surface area contributed by atoms with Crippen LogP contribution in [0.5, 0.6) is 0 Å². The first-order chi connectivity index (χ1) is 6.91. The van der Waals surface area contributed by atoms with Crippen LogP contribution in [0.2, 0.25) is 0 Å². The van der Waals surface area contributed by atoms with Crippen molar-refractivity contribution < 1.29 is 0 Å². The highest BCUT2D eigenvalue weighted by Crippen LogP contribution is 2.30. The average Bonchev–Trinajstić information content (AvgIpc) is 2.46. The Morgan fingerprint density at radius 3 is 2.53 bits per heavy atom. The van der Waals surface area contributed by atoms with Crippen molar-refractivity contribution in [2.75, 3.05) is 12.8 Å². The van der Waals surface area contributed by atoms with E-state index in [2.05, 4.69) is 36.7 Å². The van der Waals surface area contributed by atoms with Gasteiger partial charge in [0.25, 0.3) is 0 Å². The van der Waals surface area contributed by atoms with Crippen molar-refractivity contribution >= 4 is 29.1 Å². The molecule has 0 aliphatic heterocycles. The van der Waals surface area contributed by atoms with E-state index in [4.69, 9.17) is 5.73 Å². The Kier molecular flexibility index (Phi) is 3.29. The fourth-order valence-electron chi connectivity index (χ4n) is 1.46. The van der Waals surface area contributed by atoms with E-state index in [0.717, 1.165) is 16.2 Å². The molecule has 0 aromatic carbocycles. The monoisotopic (exact) mass is 223 g/mol. The van der Waals surface area contributed by atoms with Gasteiger partial charge in [-0.25, -0.2) is 0 Å². The zero-order valence-electron chi connectivity index (χ0n) is 9.66. The molecule has 0 radical (unpaired) electrons. The highest BCUT2D eigenvalue weighted by molar-refractivity contribution is 7.08. The molecule has 0 fully saturated rings. The minimum Gasteiger partial charge on any atom is -0.382 e. The smallest absolute Gasteiger partial charge is 0.145 e. The van der Waals surface area contributed by atoms with E-state index < -0.39 is 0 Å². The van der Waals surface area contributed by atoms with Crippen LogP contribution in [0.4, 0.5) is 5.82 Å². The third kappa shape index (κ3) is 2.26. The van der Waals surface area contributed by atoms with Crippen LogP contribution >= 0.6 is 11.5 Å².